The van der Waals surface area contributed by atoms with E-state index in [1.54, 1.807) is 25.1 Å². The van der Waals surface area contributed by atoms with Crippen LogP contribution >= 0.6 is 0 Å². The van der Waals surface area contributed by atoms with Gasteiger partial charge in [-0.05, 0) is 19.1 Å². The third kappa shape index (κ3) is 3.63. The lowest BCUT2D eigenvalue weighted by Gasteiger charge is -2.19. The van der Waals surface area contributed by atoms with Crippen molar-refractivity contribution in [2.75, 3.05) is 34.4 Å². The van der Waals surface area contributed by atoms with Crippen molar-refractivity contribution < 1.29 is 23.8 Å². The number of benzene rings is 1. The SMILES string of the molecule is CCOC(=O)CN(C)C(=O)c1c(OC)cccc1OC. The predicted octanol–water partition coefficient (Wildman–Crippen LogP) is 1.34. The van der Waals surface area contributed by atoms with E-state index in [4.69, 9.17) is 14.2 Å². The van der Waals surface area contributed by atoms with Crippen LogP contribution in [0.1, 0.15) is 17.3 Å². The summed E-state index contributed by atoms with van der Waals surface area (Å²) >= 11 is 0. The van der Waals surface area contributed by atoms with Gasteiger partial charge in [-0.2, -0.15) is 0 Å². The van der Waals surface area contributed by atoms with E-state index in [0.717, 1.165) is 0 Å². The number of hydrogen-bond acceptors (Lipinski definition) is 5. The molecular weight excluding hydrogens is 262 g/mol. The Morgan fingerprint density at radius 1 is 1.15 bits per heavy atom. The number of nitrogens with zero attached hydrogens (tertiary/aromatic N) is 1. The monoisotopic (exact) mass is 281 g/mol. The summed E-state index contributed by atoms with van der Waals surface area (Å²) in [5.41, 5.74) is 0.282. The molecule has 0 aliphatic rings. The maximum atomic E-state index is 12.4. The van der Waals surface area contributed by atoms with Crippen molar-refractivity contribution >= 4 is 11.9 Å². The number of ether oxygens (including phenoxy) is 3. The Balaban J connectivity index is 2.99. The highest BCUT2D eigenvalue weighted by Gasteiger charge is 2.23. The van der Waals surface area contributed by atoms with Crippen molar-refractivity contribution in [3.63, 3.8) is 0 Å². The van der Waals surface area contributed by atoms with Crippen LogP contribution in [-0.4, -0.2) is 51.2 Å². The molecule has 0 aliphatic heterocycles. The molecule has 1 aromatic carbocycles. The van der Waals surface area contributed by atoms with E-state index < -0.39 is 5.97 Å². The second kappa shape index (κ2) is 7.37. The van der Waals surface area contributed by atoms with Gasteiger partial charge in [0.2, 0.25) is 0 Å². The first kappa shape index (κ1) is 15.8. The summed E-state index contributed by atoms with van der Waals surface area (Å²) in [5, 5.41) is 0. The summed E-state index contributed by atoms with van der Waals surface area (Å²) in [6.45, 7) is 1.86. The van der Waals surface area contributed by atoms with Gasteiger partial charge in [0, 0.05) is 7.05 Å². The normalized spacial score (nSPS) is 9.80. The van der Waals surface area contributed by atoms with Crippen LogP contribution in [0, 0.1) is 0 Å². The maximum Gasteiger partial charge on any atom is 0.325 e. The Hall–Kier alpha value is -2.24. The van der Waals surface area contributed by atoms with Crippen LogP contribution in [-0.2, 0) is 9.53 Å². The highest BCUT2D eigenvalue weighted by atomic mass is 16.5. The highest BCUT2D eigenvalue weighted by Crippen LogP contribution is 2.29. The standard InChI is InChI=1S/C14H19NO5/c1-5-20-12(16)9-15(2)14(17)13-10(18-3)7-6-8-11(13)19-4/h6-8H,5,9H2,1-4H3. The summed E-state index contributed by atoms with van der Waals surface area (Å²) in [6.07, 6.45) is 0. The van der Waals surface area contributed by atoms with Crippen molar-refractivity contribution in [1.82, 2.24) is 4.90 Å². The molecule has 1 amide bonds. The lowest BCUT2D eigenvalue weighted by Crippen LogP contribution is -2.33. The Bertz CT molecular complexity index is 464. The summed E-state index contributed by atoms with van der Waals surface area (Å²) in [7, 11) is 4.46. The number of rotatable bonds is 6. The highest BCUT2D eigenvalue weighted by molar-refractivity contribution is 6.00. The van der Waals surface area contributed by atoms with Crippen molar-refractivity contribution in [2.24, 2.45) is 0 Å². The molecule has 0 aliphatic carbocycles. The second-order valence-electron chi connectivity index (χ2n) is 4.00. The smallest absolute Gasteiger partial charge is 0.325 e. The van der Waals surface area contributed by atoms with E-state index in [1.165, 1.54) is 26.2 Å². The Morgan fingerprint density at radius 3 is 2.15 bits per heavy atom. The first-order chi connectivity index (χ1) is 9.54. The molecule has 0 unspecified atom stereocenters. The molecule has 6 nitrogen and oxygen atoms in total. The number of hydrogen-bond donors (Lipinski definition) is 0. The van der Waals surface area contributed by atoms with Crippen LogP contribution < -0.4 is 9.47 Å². The molecule has 0 N–H and O–H groups in total. The fraction of sp³-hybridized carbons (Fsp3) is 0.429. The Labute approximate surface area is 118 Å². The van der Waals surface area contributed by atoms with E-state index in [0.29, 0.717) is 11.5 Å². The van der Waals surface area contributed by atoms with Gasteiger partial charge in [-0.15, -0.1) is 0 Å². The molecule has 1 rings (SSSR count). The van der Waals surface area contributed by atoms with Crippen LogP contribution in [0.5, 0.6) is 11.5 Å². The third-order valence-corrected chi connectivity index (χ3v) is 2.66. The lowest BCUT2D eigenvalue weighted by atomic mass is 10.1. The van der Waals surface area contributed by atoms with E-state index in [-0.39, 0.29) is 24.6 Å². The van der Waals surface area contributed by atoms with Crippen molar-refractivity contribution in [1.29, 1.82) is 0 Å². The van der Waals surface area contributed by atoms with Gasteiger partial charge in [0.1, 0.15) is 23.6 Å². The number of carbonyl (C=O) groups excluding carboxylic acids is 2. The molecule has 0 spiro atoms. The van der Waals surface area contributed by atoms with Gasteiger partial charge >= 0.3 is 5.97 Å². The van der Waals surface area contributed by atoms with Gasteiger partial charge in [-0.3, -0.25) is 9.59 Å². The zero-order chi connectivity index (χ0) is 15.1. The molecule has 110 valence electrons. The molecule has 0 fully saturated rings. The van der Waals surface area contributed by atoms with Crippen LogP contribution in [0.15, 0.2) is 18.2 Å². The molecular formula is C14H19NO5. The first-order valence-electron chi connectivity index (χ1n) is 6.17. The fourth-order valence-corrected chi connectivity index (χ4v) is 1.72. The minimum Gasteiger partial charge on any atom is -0.496 e. The molecule has 0 radical (unpaired) electrons. The quantitative estimate of drug-likeness (QED) is 0.736. The molecule has 20 heavy (non-hydrogen) atoms. The van der Waals surface area contributed by atoms with E-state index in [1.807, 2.05) is 0 Å². The largest absolute Gasteiger partial charge is 0.496 e. The molecule has 0 aromatic heterocycles. The van der Waals surface area contributed by atoms with Gasteiger partial charge < -0.3 is 19.1 Å². The Kier molecular flexibility index (Phi) is 5.83. The second-order valence-corrected chi connectivity index (χ2v) is 4.00. The average molecular weight is 281 g/mol. The zero-order valence-electron chi connectivity index (χ0n) is 12.1. The summed E-state index contributed by atoms with van der Waals surface area (Å²) in [4.78, 5) is 25.1. The van der Waals surface area contributed by atoms with Gasteiger partial charge in [-0.1, -0.05) is 6.07 Å². The summed E-state index contributed by atoms with van der Waals surface area (Å²) < 4.78 is 15.2. The van der Waals surface area contributed by atoms with Gasteiger partial charge in [0.05, 0.1) is 20.8 Å². The maximum absolute atomic E-state index is 12.4. The molecule has 0 heterocycles. The molecule has 0 bridgehead atoms. The van der Waals surface area contributed by atoms with E-state index in [2.05, 4.69) is 0 Å². The number of esters is 1. The Morgan fingerprint density at radius 2 is 1.70 bits per heavy atom. The molecule has 6 heteroatoms. The minimum absolute atomic E-state index is 0.131. The van der Waals surface area contributed by atoms with Gasteiger partial charge in [0.15, 0.2) is 0 Å². The first-order valence-corrected chi connectivity index (χ1v) is 6.17. The number of carbonyl (C=O) groups is 2. The predicted molar refractivity (Wildman–Crippen MR) is 73.1 cm³/mol. The van der Waals surface area contributed by atoms with Crippen molar-refractivity contribution in [2.45, 2.75) is 6.92 Å². The average Bonchev–Trinajstić information content (AvgIpc) is 2.45. The molecule has 0 saturated heterocycles. The number of methoxy groups -OCH3 is 2. The van der Waals surface area contributed by atoms with Gasteiger partial charge in [-0.25, -0.2) is 0 Å². The van der Waals surface area contributed by atoms with E-state index >= 15 is 0 Å². The zero-order valence-corrected chi connectivity index (χ0v) is 12.1. The van der Waals surface area contributed by atoms with Crippen molar-refractivity contribution in [3.8, 4) is 11.5 Å². The topological polar surface area (TPSA) is 65.1 Å². The minimum atomic E-state index is -0.461. The number of amides is 1. The number of likely N-dealkylation sites (N-methyl/N-ethyl adjacent to an activating group) is 1. The van der Waals surface area contributed by atoms with Crippen molar-refractivity contribution in [3.05, 3.63) is 23.8 Å². The summed E-state index contributed by atoms with van der Waals surface area (Å²) in [6, 6.07) is 5.04. The fourth-order valence-electron chi connectivity index (χ4n) is 1.72. The third-order valence-electron chi connectivity index (χ3n) is 2.66. The van der Waals surface area contributed by atoms with Crippen LogP contribution in [0.25, 0.3) is 0 Å². The lowest BCUT2D eigenvalue weighted by molar-refractivity contribution is -0.143. The van der Waals surface area contributed by atoms with Crippen LogP contribution in [0.3, 0.4) is 0 Å². The summed E-state index contributed by atoms with van der Waals surface area (Å²) in [5.74, 6) is -0.0420. The van der Waals surface area contributed by atoms with Crippen LogP contribution in [0.4, 0.5) is 0 Å². The molecule has 0 saturated carbocycles. The molecule has 0 atom stereocenters. The van der Waals surface area contributed by atoms with Crippen LogP contribution in [0.2, 0.25) is 0 Å². The van der Waals surface area contributed by atoms with E-state index in [9.17, 15) is 9.59 Å². The van der Waals surface area contributed by atoms with Gasteiger partial charge in [0.25, 0.3) is 5.91 Å². The molecule has 1 aromatic rings.